The van der Waals surface area contributed by atoms with Crippen molar-refractivity contribution in [1.29, 1.82) is 0 Å². The molecule has 0 aromatic rings. The van der Waals surface area contributed by atoms with Crippen LogP contribution in [0.4, 0.5) is 0 Å². The van der Waals surface area contributed by atoms with Crippen LogP contribution >= 0.6 is 0 Å². The highest BCUT2D eigenvalue weighted by atomic mass is 16.7. The van der Waals surface area contributed by atoms with E-state index in [9.17, 15) is 4.79 Å². The summed E-state index contributed by atoms with van der Waals surface area (Å²) in [5.41, 5.74) is -0.156. The van der Waals surface area contributed by atoms with Crippen LogP contribution in [0.5, 0.6) is 0 Å². The molecule has 1 saturated heterocycles. The number of nitrogens with zero attached hydrogens (tertiary/aromatic N) is 1. The van der Waals surface area contributed by atoms with Crippen molar-refractivity contribution < 1.29 is 9.63 Å². The first-order valence-electron chi connectivity index (χ1n) is 4.66. The van der Waals surface area contributed by atoms with Crippen LogP contribution < -0.4 is 5.32 Å². The third kappa shape index (κ3) is 4.24. The number of nitrogens with one attached hydrogen (secondary N) is 1. The van der Waals surface area contributed by atoms with Crippen molar-refractivity contribution >= 4 is 5.91 Å². The molecule has 0 radical (unpaired) electrons. The minimum Gasteiger partial charge on any atom is -0.350 e. The van der Waals surface area contributed by atoms with E-state index >= 15 is 0 Å². The molecule has 1 aliphatic heterocycles. The molecule has 76 valence electrons. The first-order valence-corrected chi connectivity index (χ1v) is 4.66. The van der Waals surface area contributed by atoms with Gasteiger partial charge in [-0.1, -0.05) is 0 Å². The fourth-order valence-corrected chi connectivity index (χ4v) is 1.24. The molecule has 1 N–H and O–H groups in total. The Bertz CT molecular complexity index is 181. The van der Waals surface area contributed by atoms with Gasteiger partial charge in [-0.25, -0.2) is 0 Å². The molecule has 0 unspecified atom stereocenters. The SMILES string of the molecule is CC(C)(C)NC(=O)CN1CCCO1. The predicted molar refractivity (Wildman–Crippen MR) is 50.0 cm³/mol. The molecule has 0 bridgehead atoms. The highest BCUT2D eigenvalue weighted by Crippen LogP contribution is 2.04. The molecule has 0 aromatic carbocycles. The van der Waals surface area contributed by atoms with Gasteiger partial charge in [0.2, 0.25) is 5.91 Å². The van der Waals surface area contributed by atoms with E-state index in [0.717, 1.165) is 19.6 Å². The van der Waals surface area contributed by atoms with Gasteiger partial charge in [0, 0.05) is 12.1 Å². The van der Waals surface area contributed by atoms with E-state index in [1.165, 1.54) is 0 Å². The van der Waals surface area contributed by atoms with Crippen molar-refractivity contribution in [3.05, 3.63) is 0 Å². The number of carbonyl (C=O) groups is 1. The maximum Gasteiger partial charge on any atom is 0.237 e. The molecule has 4 nitrogen and oxygen atoms in total. The van der Waals surface area contributed by atoms with Crippen LogP contribution in [0.25, 0.3) is 0 Å². The van der Waals surface area contributed by atoms with Gasteiger partial charge in [-0.2, -0.15) is 5.06 Å². The summed E-state index contributed by atoms with van der Waals surface area (Å²) in [6, 6.07) is 0. The molecule has 0 aromatic heterocycles. The minimum absolute atomic E-state index is 0.0226. The summed E-state index contributed by atoms with van der Waals surface area (Å²) in [4.78, 5) is 16.6. The quantitative estimate of drug-likeness (QED) is 0.684. The second-order valence-electron chi connectivity index (χ2n) is 4.35. The molecule has 0 spiro atoms. The zero-order valence-electron chi connectivity index (χ0n) is 8.59. The van der Waals surface area contributed by atoms with E-state index in [0.29, 0.717) is 6.54 Å². The first-order chi connectivity index (χ1) is 5.97. The van der Waals surface area contributed by atoms with Crippen molar-refractivity contribution in [1.82, 2.24) is 10.4 Å². The molecule has 1 fully saturated rings. The molecular formula is C9H18N2O2. The number of amides is 1. The lowest BCUT2D eigenvalue weighted by atomic mass is 10.1. The van der Waals surface area contributed by atoms with E-state index in [2.05, 4.69) is 5.32 Å². The fourth-order valence-electron chi connectivity index (χ4n) is 1.24. The van der Waals surface area contributed by atoms with Crippen molar-refractivity contribution in [3.63, 3.8) is 0 Å². The summed E-state index contributed by atoms with van der Waals surface area (Å²) in [5.74, 6) is 0.0226. The van der Waals surface area contributed by atoms with Crippen LogP contribution in [0.1, 0.15) is 27.2 Å². The third-order valence-corrected chi connectivity index (χ3v) is 1.66. The van der Waals surface area contributed by atoms with Crippen LogP contribution in [0.2, 0.25) is 0 Å². The Hall–Kier alpha value is -0.610. The minimum atomic E-state index is -0.156. The van der Waals surface area contributed by atoms with E-state index in [1.807, 2.05) is 20.8 Å². The second-order valence-corrected chi connectivity index (χ2v) is 4.35. The Balaban J connectivity index is 2.24. The van der Waals surface area contributed by atoms with Gasteiger partial charge in [0.15, 0.2) is 0 Å². The maximum atomic E-state index is 11.4. The molecule has 1 rings (SSSR count). The molecule has 13 heavy (non-hydrogen) atoms. The molecule has 1 amide bonds. The number of hydroxylamine groups is 2. The second kappa shape index (κ2) is 4.07. The third-order valence-electron chi connectivity index (χ3n) is 1.66. The lowest BCUT2D eigenvalue weighted by Crippen LogP contribution is -2.45. The van der Waals surface area contributed by atoms with Crippen molar-refractivity contribution in [3.8, 4) is 0 Å². The number of carbonyl (C=O) groups excluding carboxylic acids is 1. The molecule has 4 heteroatoms. The van der Waals surface area contributed by atoms with Crippen molar-refractivity contribution in [2.45, 2.75) is 32.7 Å². The Morgan fingerprint density at radius 3 is 2.69 bits per heavy atom. The summed E-state index contributed by atoms with van der Waals surface area (Å²) in [5, 5.41) is 4.59. The summed E-state index contributed by atoms with van der Waals surface area (Å²) < 4.78 is 0. The lowest BCUT2D eigenvalue weighted by Gasteiger charge is -2.22. The highest BCUT2D eigenvalue weighted by molar-refractivity contribution is 5.78. The van der Waals surface area contributed by atoms with Gasteiger partial charge in [0.1, 0.15) is 6.54 Å². The Morgan fingerprint density at radius 2 is 2.23 bits per heavy atom. The molecule has 0 aliphatic carbocycles. The number of hydrogen-bond acceptors (Lipinski definition) is 3. The first kappa shape index (κ1) is 10.5. The van der Waals surface area contributed by atoms with Gasteiger partial charge < -0.3 is 5.32 Å². The standard InChI is InChI=1S/C9H18N2O2/c1-9(2,3)10-8(12)7-11-5-4-6-13-11/h4-7H2,1-3H3,(H,10,12). The van der Waals surface area contributed by atoms with E-state index < -0.39 is 0 Å². The molecule has 1 heterocycles. The fraction of sp³-hybridized carbons (Fsp3) is 0.889. The Morgan fingerprint density at radius 1 is 1.54 bits per heavy atom. The van der Waals surface area contributed by atoms with Crippen molar-refractivity contribution in [2.24, 2.45) is 0 Å². The summed E-state index contributed by atoms with van der Waals surface area (Å²) in [6.45, 7) is 7.85. The summed E-state index contributed by atoms with van der Waals surface area (Å²) in [6.07, 6.45) is 1.02. The number of hydrogen-bond donors (Lipinski definition) is 1. The van der Waals surface area contributed by atoms with E-state index in [-0.39, 0.29) is 11.4 Å². The van der Waals surface area contributed by atoms with Gasteiger partial charge >= 0.3 is 0 Å². The molecular weight excluding hydrogens is 168 g/mol. The van der Waals surface area contributed by atoms with Crippen LogP contribution in [-0.4, -0.2) is 36.2 Å². The van der Waals surface area contributed by atoms with Gasteiger partial charge in [0.25, 0.3) is 0 Å². The average Bonchev–Trinajstić information content (AvgIpc) is 2.34. The Kier molecular flexibility index (Phi) is 3.27. The Labute approximate surface area is 79.2 Å². The van der Waals surface area contributed by atoms with Crippen molar-refractivity contribution in [2.75, 3.05) is 19.7 Å². The van der Waals surface area contributed by atoms with E-state index in [4.69, 9.17) is 4.84 Å². The van der Waals surface area contributed by atoms with Gasteiger partial charge in [-0.15, -0.1) is 0 Å². The largest absolute Gasteiger partial charge is 0.350 e. The lowest BCUT2D eigenvalue weighted by molar-refractivity contribution is -0.143. The zero-order chi connectivity index (χ0) is 9.90. The maximum absolute atomic E-state index is 11.4. The normalized spacial score (nSPS) is 19.0. The smallest absolute Gasteiger partial charge is 0.237 e. The molecule has 1 aliphatic rings. The molecule has 0 atom stereocenters. The topological polar surface area (TPSA) is 41.6 Å². The van der Waals surface area contributed by atoms with E-state index in [1.54, 1.807) is 5.06 Å². The van der Waals surface area contributed by atoms with Crippen LogP contribution in [0, 0.1) is 0 Å². The monoisotopic (exact) mass is 186 g/mol. The molecule has 0 saturated carbocycles. The highest BCUT2D eigenvalue weighted by Gasteiger charge is 2.19. The predicted octanol–water partition coefficient (Wildman–Crippen LogP) is 0.538. The number of rotatable bonds is 2. The zero-order valence-corrected chi connectivity index (χ0v) is 8.59. The van der Waals surface area contributed by atoms with Crippen LogP contribution in [0.15, 0.2) is 0 Å². The van der Waals surface area contributed by atoms with Gasteiger partial charge in [-0.05, 0) is 27.2 Å². The van der Waals surface area contributed by atoms with Crippen LogP contribution in [0.3, 0.4) is 0 Å². The van der Waals surface area contributed by atoms with Gasteiger partial charge in [-0.3, -0.25) is 9.63 Å². The summed E-state index contributed by atoms with van der Waals surface area (Å²) in [7, 11) is 0. The summed E-state index contributed by atoms with van der Waals surface area (Å²) >= 11 is 0. The van der Waals surface area contributed by atoms with Gasteiger partial charge in [0.05, 0.1) is 6.61 Å². The van der Waals surface area contributed by atoms with Crippen LogP contribution in [-0.2, 0) is 9.63 Å². The average molecular weight is 186 g/mol.